The third-order valence-electron chi connectivity index (χ3n) is 4.56. The number of rotatable bonds is 4. The Kier molecular flexibility index (Phi) is 4.12. The zero-order valence-corrected chi connectivity index (χ0v) is 15.1. The van der Waals surface area contributed by atoms with E-state index in [2.05, 4.69) is 10.4 Å². The van der Waals surface area contributed by atoms with Crippen LogP contribution in [-0.4, -0.2) is 24.8 Å². The number of aromatic nitrogens is 4. The minimum Gasteiger partial charge on any atom is -0.324 e. The molecule has 0 bridgehead atoms. The Bertz CT molecular complexity index is 1200. The first kappa shape index (κ1) is 16.8. The predicted octanol–water partition coefficient (Wildman–Crippen LogP) is 2.47. The lowest BCUT2D eigenvalue weighted by Crippen LogP contribution is -2.28. The van der Waals surface area contributed by atoms with Gasteiger partial charge < -0.3 is 5.32 Å². The molecule has 0 aliphatic carbocycles. The molecule has 4 aromatic rings. The van der Waals surface area contributed by atoms with E-state index in [0.717, 1.165) is 22.4 Å². The topological polar surface area (TPSA) is 73.8 Å². The summed E-state index contributed by atoms with van der Waals surface area (Å²) >= 11 is 0. The molecular formula is C20H19N5O2. The maximum absolute atomic E-state index is 12.5. The van der Waals surface area contributed by atoms with Crippen molar-refractivity contribution in [3.05, 3.63) is 77.0 Å². The van der Waals surface area contributed by atoms with Crippen molar-refractivity contribution in [2.75, 3.05) is 5.32 Å². The number of benzene rings is 2. The van der Waals surface area contributed by atoms with Gasteiger partial charge >= 0.3 is 5.69 Å². The monoisotopic (exact) mass is 361 g/mol. The Morgan fingerprint density at radius 3 is 2.59 bits per heavy atom. The summed E-state index contributed by atoms with van der Waals surface area (Å²) in [6.45, 7) is 1.91. The van der Waals surface area contributed by atoms with Crippen molar-refractivity contribution in [1.82, 2.24) is 18.9 Å². The summed E-state index contributed by atoms with van der Waals surface area (Å²) in [5.41, 5.74) is 3.83. The average Bonchev–Trinajstić information content (AvgIpc) is 3.20. The second kappa shape index (κ2) is 6.60. The standard InChI is InChI=1S/C20H19N5O2/c1-14-10-11-21-25(14)16-7-5-6-15(12-16)22-19(26)13-24-18-9-4-3-8-17(18)23(2)20(24)27/h3-12H,13H2,1-2H3,(H,22,26). The Morgan fingerprint density at radius 2 is 1.85 bits per heavy atom. The maximum Gasteiger partial charge on any atom is 0.329 e. The number of nitrogens with zero attached hydrogens (tertiary/aromatic N) is 4. The van der Waals surface area contributed by atoms with E-state index in [-0.39, 0.29) is 18.1 Å². The molecule has 0 aliphatic rings. The van der Waals surface area contributed by atoms with Crippen LogP contribution in [0.25, 0.3) is 16.7 Å². The van der Waals surface area contributed by atoms with E-state index in [1.165, 1.54) is 4.57 Å². The Morgan fingerprint density at radius 1 is 1.07 bits per heavy atom. The third kappa shape index (κ3) is 3.03. The summed E-state index contributed by atoms with van der Waals surface area (Å²) < 4.78 is 4.82. The highest BCUT2D eigenvalue weighted by atomic mass is 16.2. The number of imidazole rings is 1. The number of fused-ring (bicyclic) bond motifs is 1. The number of carbonyl (C=O) groups excluding carboxylic acids is 1. The van der Waals surface area contributed by atoms with Crippen LogP contribution in [0.2, 0.25) is 0 Å². The van der Waals surface area contributed by atoms with Crippen molar-refractivity contribution in [3.8, 4) is 5.69 Å². The highest BCUT2D eigenvalue weighted by Gasteiger charge is 2.13. The van der Waals surface area contributed by atoms with Crippen LogP contribution in [0.1, 0.15) is 5.69 Å². The second-order valence-electron chi connectivity index (χ2n) is 6.40. The van der Waals surface area contributed by atoms with Gasteiger partial charge in [0.15, 0.2) is 0 Å². The van der Waals surface area contributed by atoms with E-state index >= 15 is 0 Å². The highest BCUT2D eigenvalue weighted by Crippen LogP contribution is 2.16. The molecular weight excluding hydrogens is 342 g/mol. The van der Waals surface area contributed by atoms with Gasteiger partial charge in [0, 0.05) is 24.6 Å². The second-order valence-corrected chi connectivity index (χ2v) is 6.40. The fourth-order valence-corrected chi connectivity index (χ4v) is 3.22. The molecule has 2 aromatic carbocycles. The lowest BCUT2D eigenvalue weighted by Gasteiger charge is -2.09. The fraction of sp³-hybridized carbons (Fsp3) is 0.150. The van der Waals surface area contributed by atoms with Crippen molar-refractivity contribution in [1.29, 1.82) is 0 Å². The molecule has 0 fully saturated rings. The zero-order chi connectivity index (χ0) is 19.0. The van der Waals surface area contributed by atoms with Gasteiger partial charge in [0.1, 0.15) is 6.54 Å². The molecule has 1 amide bonds. The van der Waals surface area contributed by atoms with Gasteiger partial charge in [-0.1, -0.05) is 18.2 Å². The van der Waals surface area contributed by atoms with Crippen LogP contribution in [0.3, 0.4) is 0 Å². The average molecular weight is 361 g/mol. The van der Waals surface area contributed by atoms with Gasteiger partial charge in [-0.25, -0.2) is 9.48 Å². The molecule has 136 valence electrons. The summed E-state index contributed by atoms with van der Waals surface area (Å²) in [6, 6.07) is 16.8. The number of para-hydroxylation sites is 2. The molecule has 0 atom stereocenters. The van der Waals surface area contributed by atoms with Gasteiger partial charge in [-0.05, 0) is 43.3 Å². The van der Waals surface area contributed by atoms with Crippen LogP contribution in [0.5, 0.6) is 0 Å². The number of hydrogen-bond donors (Lipinski definition) is 1. The highest BCUT2D eigenvalue weighted by molar-refractivity contribution is 5.91. The van der Waals surface area contributed by atoms with Crippen molar-refractivity contribution >= 4 is 22.6 Å². The van der Waals surface area contributed by atoms with E-state index < -0.39 is 0 Å². The maximum atomic E-state index is 12.5. The van der Waals surface area contributed by atoms with Crippen LogP contribution in [0.15, 0.2) is 65.6 Å². The lowest BCUT2D eigenvalue weighted by molar-refractivity contribution is -0.116. The molecule has 0 aliphatic heterocycles. The third-order valence-corrected chi connectivity index (χ3v) is 4.56. The minimum absolute atomic E-state index is 0.0504. The predicted molar refractivity (Wildman–Crippen MR) is 104 cm³/mol. The van der Waals surface area contributed by atoms with Crippen molar-refractivity contribution in [3.63, 3.8) is 0 Å². The summed E-state index contributed by atoms with van der Waals surface area (Å²) in [6.07, 6.45) is 1.73. The van der Waals surface area contributed by atoms with Crippen molar-refractivity contribution in [2.45, 2.75) is 13.5 Å². The molecule has 0 spiro atoms. The van der Waals surface area contributed by atoms with Crippen molar-refractivity contribution in [2.24, 2.45) is 7.05 Å². The van der Waals surface area contributed by atoms with Gasteiger partial charge in [0.25, 0.3) is 0 Å². The quantitative estimate of drug-likeness (QED) is 0.607. The van der Waals surface area contributed by atoms with Gasteiger partial charge in [0.05, 0.1) is 16.7 Å². The fourth-order valence-electron chi connectivity index (χ4n) is 3.22. The number of nitrogens with one attached hydrogen (secondary N) is 1. The number of anilines is 1. The van der Waals surface area contributed by atoms with Crippen molar-refractivity contribution < 1.29 is 4.79 Å². The Hall–Kier alpha value is -3.61. The van der Waals surface area contributed by atoms with E-state index in [1.54, 1.807) is 22.5 Å². The Labute approximate surface area is 155 Å². The molecule has 0 unspecified atom stereocenters. The molecule has 7 nitrogen and oxygen atoms in total. The molecule has 0 saturated heterocycles. The normalized spacial score (nSPS) is 11.0. The van der Waals surface area contributed by atoms with Gasteiger partial charge in [0.2, 0.25) is 5.91 Å². The molecule has 7 heteroatoms. The number of amides is 1. The molecule has 2 heterocycles. The SMILES string of the molecule is Cc1ccnn1-c1cccc(NC(=O)Cn2c(=O)n(C)c3ccccc32)c1. The molecule has 4 rings (SSSR count). The summed E-state index contributed by atoms with van der Waals surface area (Å²) in [5.74, 6) is -0.261. The molecule has 0 radical (unpaired) electrons. The van der Waals surface area contributed by atoms with Crippen LogP contribution in [-0.2, 0) is 18.4 Å². The largest absolute Gasteiger partial charge is 0.329 e. The zero-order valence-electron chi connectivity index (χ0n) is 15.1. The number of hydrogen-bond acceptors (Lipinski definition) is 3. The first-order valence-corrected chi connectivity index (χ1v) is 8.60. The summed E-state index contributed by atoms with van der Waals surface area (Å²) in [7, 11) is 1.70. The smallest absolute Gasteiger partial charge is 0.324 e. The van der Waals surface area contributed by atoms with E-state index in [0.29, 0.717) is 5.69 Å². The van der Waals surface area contributed by atoms with E-state index in [9.17, 15) is 9.59 Å². The van der Waals surface area contributed by atoms with Crippen LogP contribution in [0, 0.1) is 6.92 Å². The van der Waals surface area contributed by atoms with E-state index in [4.69, 9.17) is 0 Å². The lowest BCUT2D eigenvalue weighted by atomic mass is 10.2. The summed E-state index contributed by atoms with van der Waals surface area (Å²) in [5, 5.41) is 7.14. The van der Waals surface area contributed by atoms with E-state index in [1.807, 2.05) is 61.5 Å². The first-order valence-electron chi connectivity index (χ1n) is 8.60. The number of carbonyl (C=O) groups is 1. The van der Waals surface area contributed by atoms with Crippen LogP contribution in [0.4, 0.5) is 5.69 Å². The summed E-state index contributed by atoms with van der Waals surface area (Å²) in [4.78, 5) is 25.0. The van der Waals surface area contributed by atoms with Gasteiger partial charge in [-0.15, -0.1) is 0 Å². The first-order chi connectivity index (χ1) is 13.0. The molecule has 1 N–H and O–H groups in total. The van der Waals surface area contributed by atoms with Gasteiger partial charge in [-0.3, -0.25) is 13.9 Å². The molecule has 2 aromatic heterocycles. The molecule has 0 saturated carbocycles. The molecule has 27 heavy (non-hydrogen) atoms. The van der Waals surface area contributed by atoms with Gasteiger partial charge in [-0.2, -0.15) is 5.10 Å². The number of aryl methyl sites for hydroxylation is 2. The van der Waals surface area contributed by atoms with Crippen LogP contribution >= 0.6 is 0 Å². The Balaban J connectivity index is 1.59. The minimum atomic E-state index is -0.261. The van der Waals surface area contributed by atoms with Crippen LogP contribution < -0.4 is 11.0 Å².